The van der Waals surface area contributed by atoms with Crippen molar-refractivity contribution in [2.45, 2.75) is 50.8 Å². The van der Waals surface area contributed by atoms with E-state index in [1.54, 1.807) is 41.2 Å². The van der Waals surface area contributed by atoms with Crippen molar-refractivity contribution in [2.24, 2.45) is 20.0 Å². The first-order valence-corrected chi connectivity index (χ1v) is 15.5. The van der Waals surface area contributed by atoms with E-state index in [0.717, 1.165) is 11.4 Å². The van der Waals surface area contributed by atoms with Gasteiger partial charge in [0.25, 0.3) is 10.0 Å². The number of imidazole rings is 2. The number of aryl methyl sites for hydroxylation is 2. The summed E-state index contributed by atoms with van der Waals surface area (Å²) >= 11 is 0. The van der Waals surface area contributed by atoms with E-state index in [4.69, 9.17) is 4.74 Å². The molecule has 1 saturated heterocycles. The van der Waals surface area contributed by atoms with Gasteiger partial charge in [0.05, 0.1) is 36.5 Å². The topological polar surface area (TPSA) is 130 Å². The van der Waals surface area contributed by atoms with Crippen LogP contribution in [0.2, 0.25) is 0 Å². The lowest BCUT2D eigenvalue weighted by Crippen LogP contribution is -2.46. The van der Waals surface area contributed by atoms with Crippen molar-refractivity contribution < 1.29 is 17.9 Å². The van der Waals surface area contributed by atoms with Crippen LogP contribution in [0.25, 0.3) is 0 Å². The van der Waals surface area contributed by atoms with Crippen LogP contribution in [0.4, 0.5) is 10.5 Å². The lowest BCUT2D eigenvalue weighted by molar-refractivity contribution is 0.0178. The summed E-state index contributed by atoms with van der Waals surface area (Å²) < 4.78 is 38.3. The number of benzene rings is 1. The number of amides is 1. The van der Waals surface area contributed by atoms with Gasteiger partial charge in [0, 0.05) is 64.9 Å². The minimum Gasteiger partial charge on any atom is -0.444 e. The molecule has 0 spiro atoms. The van der Waals surface area contributed by atoms with E-state index >= 15 is 0 Å². The van der Waals surface area contributed by atoms with E-state index in [9.17, 15) is 18.5 Å². The lowest BCUT2D eigenvalue weighted by atomic mass is 9.97. The van der Waals surface area contributed by atoms with Crippen LogP contribution in [-0.4, -0.2) is 81.1 Å². The van der Waals surface area contributed by atoms with Crippen molar-refractivity contribution in [2.75, 3.05) is 37.6 Å². The minimum absolute atomic E-state index is 0.00717. The summed E-state index contributed by atoms with van der Waals surface area (Å²) in [6.45, 7) is 7.99. The zero-order valence-electron chi connectivity index (χ0n) is 25.0. The van der Waals surface area contributed by atoms with Gasteiger partial charge in [-0.2, -0.15) is 9.57 Å². The number of anilines is 1. The van der Waals surface area contributed by atoms with Crippen LogP contribution in [0, 0.1) is 17.2 Å². The Morgan fingerprint density at radius 3 is 2.36 bits per heavy atom. The van der Waals surface area contributed by atoms with Crippen LogP contribution >= 0.6 is 0 Å². The number of aromatic nitrogens is 4. The van der Waals surface area contributed by atoms with E-state index in [0.29, 0.717) is 51.1 Å². The minimum atomic E-state index is -3.88. The maximum atomic E-state index is 13.8. The van der Waals surface area contributed by atoms with E-state index in [-0.39, 0.29) is 23.6 Å². The van der Waals surface area contributed by atoms with Crippen LogP contribution in [0.1, 0.15) is 44.9 Å². The number of likely N-dealkylation sites (tertiary alicyclic amines) is 1. The maximum Gasteiger partial charge on any atom is 0.410 e. The fourth-order valence-electron chi connectivity index (χ4n) is 4.89. The Balaban J connectivity index is 1.53. The molecule has 3 heterocycles. The highest BCUT2D eigenvalue weighted by Gasteiger charge is 2.33. The van der Waals surface area contributed by atoms with E-state index in [1.165, 1.54) is 16.8 Å². The molecule has 1 amide bonds. The summed E-state index contributed by atoms with van der Waals surface area (Å²) in [6.07, 6.45) is 7.51. The molecule has 0 N–H and O–H groups in total. The van der Waals surface area contributed by atoms with Crippen LogP contribution in [0.5, 0.6) is 0 Å². The third kappa shape index (κ3) is 7.89. The SMILES string of the molecule is Cn1cnc(S(=O)(=O)N(CCN(Cc2cncn2C)c2ccc(C#N)cc2)CC2CCN(C(=O)OC(C)(C)C)CC2)c1. The zero-order chi connectivity index (χ0) is 30.5. The molecule has 226 valence electrons. The number of carbonyl (C=O) groups excluding carboxylic acids is 1. The van der Waals surface area contributed by atoms with Gasteiger partial charge in [-0.3, -0.25) is 0 Å². The zero-order valence-corrected chi connectivity index (χ0v) is 25.8. The monoisotopic (exact) mass is 596 g/mol. The van der Waals surface area contributed by atoms with Crippen molar-refractivity contribution in [3.05, 3.63) is 60.6 Å². The van der Waals surface area contributed by atoms with Gasteiger partial charge in [0.2, 0.25) is 0 Å². The third-order valence-electron chi connectivity index (χ3n) is 7.26. The number of nitriles is 1. The highest BCUT2D eigenvalue weighted by molar-refractivity contribution is 7.89. The molecular formula is C29H40N8O4S. The Bertz CT molecular complexity index is 1490. The van der Waals surface area contributed by atoms with E-state index < -0.39 is 15.6 Å². The molecule has 1 aromatic carbocycles. The van der Waals surface area contributed by atoms with Gasteiger partial charge < -0.3 is 23.7 Å². The molecule has 42 heavy (non-hydrogen) atoms. The molecule has 0 atom stereocenters. The van der Waals surface area contributed by atoms with Gasteiger partial charge in [-0.1, -0.05) is 0 Å². The Morgan fingerprint density at radius 2 is 1.81 bits per heavy atom. The first kappa shape index (κ1) is 31.1. The van der Waals surface area contributed by atoms with E-state index in [1.807, 2.05) is 44.5 Å². The first-order valence-electron chi connectivity index (χ1n) is 14.0. The number of carbonyl (C=O) groups is 1. The number of hydrogen-bond donors (Lipinski definition) is 0. The second kappa shape index (κ2) is 13.0. The highest BCUT2D eigenvalue weighted by Crippen LogP contribution is 2.25. The van der Waals surface area contributed by atoms with Crippen molar-refractivity contribution >= 4 is 21.8 Å². The van der Waals surface area contributed by atoms with Gasteiger partial charge in [0.1, 0.15) is 5.60 Å². The fourth-order valence-corrected chi connectivity index (χ4v) is 6.36. The average molecular weight is 597 g/mol. The molecule has 1 aliphatic rings. The molecule has 0 aliphatic carbocycles. The second-order valence-electron chi connectivity index (χ2n) is 11.7. The van der Waals surface area contributed by atoms with Gasteiger partial charge in [-0.05, 0) is 63.8 Å². The molecule has 2 aromatic heterocycles. The van der Waals surface area contributed by atoms with Gasteiger partial charge in [0.15, 0.2) is 5.03 Å². The largest absolute Gasteiger partial charge is 0.444 e. The normalized spacial score (nSPS) is 14.6. The third-order valence-corrected chi connectivity index (χ3v) is 9.01. The molecule has 1 aliphatic heterocycles. The van der Waals surface area contributed by atoms with Crippen LogP contribution in [-0.2, 0) is 35.4 Å². The molecule has 12 nitrogen and oxygen atoms in total. The van der Waals surface area contributed by atoms with Crippen LogP contribution in [0.15, 0.2) is 54.3 Å². The Morgan fingerprint density at radius 1 is 1.12 bits per heavy atom. The maximum absolute atomic E-state index is 13.8. The lowest BCUT2D eigenvalue weighted by Gasteiger charge is -2.36. The molecule has 1 fully saturated rings. The van der Waals surface area contributed by atoms with Gasteiger partial charge in [-0.15, -0.1) is 0 Å². The fraction of sp³-hybridized carbons (Fsp3) is 0.517. The molecule has 13 heteroatoms. The summed E-state index contributed by atoms with van der Waals surface area (Å²) in [6, 6.07) is 9.40. The molecule has 0 saturated carbocycles. The smallest absolute Gasteiger partial charge is 0.410 e. The number of rotatable bonds is 10. The number of sulfonamides is 1. The Hall–Kier alpha value is -3.89. The summed E-state index contributed by atoms with van der Waals surface area (Å²) in [5, 5.41) is 9.26. The summed E-state index contributed by atoms with van der Waals surface area (Å²) in [7, 11) is -0.227. The van der Waals surface area contributed by atoms with Gasteiger partial charge >= 0.3 is 6.09 Å². The quantitative estimate of drug-likeness (QED) is 0.348. The molecule has 0 radical (unpaired) electrons. The molecule has 0 unspecified atom stereocenters. The Kier molecular flexibility index (Phi) is 9.58. The van der Waals surface area contributed by atoms with E-state index in [2.05, 4.69) is 20.9 Å². The van der Waals surface area contributed by atoms with Crippen LogP contribution in [0.3, 0.4) is 0 Å². The molecule has 0 bridgehead atoms. The average Bonchev–Trinajstić information content (AvgIpc) is 3.57. The first-order chi connectivity index (χ1) is 19.9. The van der Waals surface area contributed by atoms with Crippen molar-refractivity contribution in [1.29, 1.82) is 5.26 Å². The van der Waals surface area contributed by atoms with Crippen molar-refractivity contribution in [3.63, 3.8) is 0 Å². The highest BCUT2D eigenvalue weighted by atomic mass is 32.2. The number of hydrogen-bond acceptors (Lipinski definition) is 8. The summed E-state index contributed by atoms with van der Waals surface area (Å²) in [5.41, 5.74) is 1.82. The molecule has 4 rings (SSSR count). The molecular weight excluding hydrogens is 556 g/mol. The number of piperidine rings is 1. The van der Waals surface area contributed by atoms with Crippen LogP contribution < -0.4 is 4.90 Å². The number of nitrogens with zero attached hydrogens (tertiary/aromatic N) is 8. The molecule has 3 aromatic rings. The number of ether oxygens (including phenoxy) is 1. The van der Waals surface area contributed by atoms with Gasteiger partial charge in [-0.25, -0.2) is 23.2 Å². The van der Waals surface area contributed by atoms with Crippen molar-refractivity contribution in [1.82, 2.24) is 28.3 Å². The standard InChI is InChI=1S/C29H40N8O4S/c1-29(2,3)41-28(38)35-12-10-24(11-13-35)18-37(42(39,40)27-20-33(4)22-32-27)15-14-36(19-26-17-31-21-34(26)5)25-8-6-23(16-30)7-9-25/h6-9,17,20-22,24H,10-15,18-19H2,1-5H3. The summed E-state index contributed by atoms with van der Waals surface area (Å²) in [4.78, 5) is 24.7. The second-order valence-corrected chi connectivity index (χ2v) is 13.6. The Labute approximate surface area is 248 Å². The summed E-state index contributed by atoms with van der Waals surface area (Å²) in [5.74, 6) is 0.0719. The predicted octanol–water partition coefficient (Wildman–Crippen LogP) is 3.37. The van der Waals surface area contributed by atoms with Crippen molar-refractivity contribution in [3.8, 4) is 6.07 Å². The predicted molar refractivity (Wildman–Crippen MR) is 158 cm³/mol.